The average molecular weight is 442 g/mol. The summed E-state index contributed by atoms with van der Waals surface area (Å²) in [6, 6.07) is 20.2. The number of hydrogen-bond acceptors (Lipinski definition) is 3. The van der Waals surface area contributed by atoms with Gasteiger partial charge in [-0.05, 0) is 49.4 Å². The normalized spacial score (nSPS) is 18.7. The number of aromatic nitrogens is 1. The topological polar surface area (TPSA) is 62.3 Å². The second-order valence-corrected chi connectivity index (χ2v) is 9.08. The Kier molecular flexibility index (Phi) is 6.59. The Morgan fingerprint density at radius 2 is 1.85 bits per heavy atom. The van der Waals surface area contributed by atoms with Crippen molar-refractivity contribution >= 4 is 11.8 Å². The molecule has 2 amide bonds. The van der Waals surface area contributed by atoms with E-state index in [1.165, 1.54) is 5.56 Å². The van der Waals surface area contributed by atoms with Gasteiger partial charge in [0.2, 0.25) is 11.8 Å². The van der Waals surface area contributed by atoms with Crippen LogP contribution in [0.4, 0.5) is 0 Å². The minimum atomic E-state index is -0.657. The lowest BCUT2D eigenvalue weighted by molar-refractivity contribution is -0.133. The molecular formula is C28H31N3O2. The molecule has 5 heteroatoms. The van der Waals surface area contributed by atoms with Gasteiger partial charge in [0, 0.05) is 38.1 Å². The molecule has 3 aromatic rings. The van der Waals surface area contributed by atoms with E-state index in [1.54, 1.807) is 13.2 Å². The molecular weight excluding hydrogens is 410 g/mol. The number of carbonyl (C=O) groups is 2. The van der Waals surface area contributed by atoms with Crippen molar-refractivity contribution in [2.45, 2.75) is 32.6 Å². The van der Waals surface area contributed by atoms with E-state index in [-0.39, 0.29) is 17.7 Å². The summed E-state index contributed by atoms with van der Waals surface area (Å²) in [5.74, 6) is -0.180. The van der Waals surface area contributed by atoms with Crippen LogP contribution in [0.25, 0.3) is 11.1 Å². The van der Waals surface area contributed by atoms with E-state index < -0.39 is 5.41 Å². The third kappa shape index (κ3) is 4.68. The van der Waals surface area contributed by atoms with Crippen LogP contribution in [-0.4, -0.2) is 41.8 Å². The first kappa shape index (κ1) is 22.7. The molecule has 2 atom stereocenters. The zero-order valence-electron chi connectivity index (χ0n) is 19.5. The van der Waals surface area contributed by atoms with E-state index in [9.17, 15) is 9.59 Å². The predicted molar refractivity (Wildman–Crippen MR) is 131 cm³/mol. The Morgan fingerprint density at radius 3 is 2.55 bits per heavy atom. The van der Waals surface area contributed by atoms with Gasteiger partial charge in [0.25, 0.3) is 0 Å². The summed E-state index contributed by atoms with van der Waals surface area (Å²) in [7, 11) is 1.68. The molecule has 0 spiro atoms. The quantitative estimate of drug-likeness (QED) is 0.618. The third-order valence-corrected chi connectivity index (χ3v) is 6.84. The fourth-order valence-electron chi connectivity index (χ4n) is 4.85. The number of carbonyl (C=O) groups excluding carboxylic acids is 2. The smallest absolute Gasteiger partial charge is 0.229 e. The van der Waals surface area contributed by atoms with Gasteiger partial charge in [-0.3, -0.25) is 14.6 Å². The van der Waals surface area contributed by atoms with E-state index in [4.69, 9.17) is 0 Å². The molecule has 0 aliphatic carbocycles. The molecule has 0 bridgehead atoms. The van der Waals surface area contributed by atoms with Gasteiger partial charge < -0.3 is 10.2 Å². The fraction of sp³-hybridized carbons (Fsp3) is 0.321. The lowest BCUT2D eigenvalue weighted by Gasteiger charge is -2.29. The van der Waals surface area contributed by atoms with Gasteiger partial charge >= 0.3 is 0 Å². The highest BCUT2D eigenvalue weighted by molar-refractivity contribution is 5.88. The highest BCUT2D eigenvalue weighted by Gasteiger charge is 2.46. The fourth-order valence-corrected chi connectivity index (χ4v) is 4.85. The number of aryl methyl sites for hydroxylation is 1. The molecule has 1 aliphatic heterocycles. The average Bonchev–Trinajstić information content (AvgIpc) is 3.29. The highest BCUT2D eigenvalue weighted by Crippen LogP contribution is 2.38. The molecule has 5 nitrogen and oxygen atoms in total. The molecule has 0 radical (unpaired) electrons. The molecule has 1 aliphatic rings. The molecule has 4 rings (SSSR count). The molecule has 33 heavy (non-hydrogen) atoms. The van der Waals surface area contributed by atoms with Crippen LogP contribution < -0.4 is 5.32 Å². The number of benzene rings is 2. The summed E-state index contributed by atoms with van der Waals surface area (Å²) >= 11 is 0. The largest absolute Gasteiger partial charge is 0.359 e. The highest BCUT2D eigenvalue weighted by atomic mass is 16.2. The van der Waals surface area contributed by atoms with Crippen molar-refractivity contribution < 1.29 is 9.59 Å². The molecule has 1 N–H and O–H groups in total. The first-order valence-corrected chi connectivity index (χ1v) is 11.5. The van der Waals surface area contributed by atoms with E-state index in [2.05, 4.69) is 22.4 Å². The first-order chi connectivity index (χ1) is 15.9. The maximum Gasteiger partial charge on any atom is 0.229 e. The zero-order valence-corrected chi connectivity index (χ0v) is 19.5. The zero-order chi connectivity index (χ0) is 23.4. The third-order valence-electron chi connectivity index (χ3n) is 6.84. The predicted octanol–water partition coefficient (Wildman–Crippen LogP) is 4.37. The number of amides is 2. The van der Waals surface area contributed by atoms with Gasteiger partial charge in [0.1, 0.15) is 0 Å². The maximum atomic E-state index is 13.4. The Labute approximate surface area is 195 Å². The standard InChI is InChI=1S/C28H31N3O2/c1-20-10-12-22(13-11-20)21(2)26(32)31-16-14-28(19-31,27(33)29-3)17-23-7-4-5-9-25(23)24-8-6-15-30-18-24/h4-13,15,18,21H,14,16-17,19H2,1-3H3,(H,29,33)/t21-,28-/m1/s1. The van der Waals surface area contributed by atoms with Gasteiger partial charge in [-0.1, -0.05) is 60.2 Å². The number of nitrogens with one attached hydrogen (secondary N) is 1. The molecule has 0 unspecified atom stereocenters. The van der Waals surface area contributed by atoms with Crippen molar-refractivity contribution in [3.8, 4) is 11.1 Å². The number of nitrogens with zero attached hydrogens (tertiary/aromatic N) is 2. The molecule has 170 valence electrons. The van der Waals surface area contributed by atoms with Crippen LogP contribution in [0.15, 0.2) is 73.1 Å². The van der Waals surface area contributed by atoms with Crippen LogP contribution >= 0.6 is 0 Å². The Bertz CT molecular complexity index is 1130. The number of pyridine rings is 1. The summed E-state index contributed by atoms with van der Waals surface area (Å²) in [4.78, 5) is 32.7. The molecule has 1 aromatic heterocycles. The van der Waals surface area contributed by atoms with Crippen LogP contribution in [0.5, 0.6) is 0 Å². The van der Waals surface area contributed by atoms with Gasteiger partial charge in [0.15, 0.2) is 0 Å². The van der Waals surface area contributed by atoms with E-state index in [0.29, 0.717) is 25.9 Å². The molecule has 1 saturated heterocycles. The molecule has 2 aromatic carbocycles. The minimum absolute atomic E-state index is 0.0122. The SMILES string of the molecule is CNC(=O)[C@@]1(Cc2ccccc2-c2cccnc2)CCN(C(=O)[C@H](C)c2ccc(C)cc2)C1. The van der Waals surface area contributed by atoms with Crippen LogP contribution in [0, 0.1) is 12.3 Å². The van der Waals surface area contributed by atoms with Crippen molar-refractivity contribution in [3.63, 3.8) is 0 Å². The summed E-state index contributed by atoms with van der Waals surface area (Å²) in [5, 5.41) is 2.86. The van der Waals surface area contributed by atoms with E-state index in [0.717, 1.165) is 22.3 Å². The van der Waals surface area contributed by atoms with Crippen LogP contribution in [0.3, 0.4) is 0 Å². The molecule has 1 fully saturated rings. The minimum Gasteiger partial charge on any atom is -0.359 e. The summed E-state index contributed by atoms with van der Waals surface area (Å²) in [6.07, 6.45) is 4.81. The van der Waals surface area contributed by atoms with Crippen molar-refractivity contribution in [1.82, 2.24) is 15.2 Å². The summed E-state index contributed by atoms with van der Waals surface area (Å²) in [5.41, 5.74) is 4.71. The Morgan fingerprint density at radius 1 is 1.09 bits per heavy atom. The second-order valence-electron chi connectivity index (χ2n) is 9.08. The van der Waals surface area contributed by atoms with E-state index in [1.807, 2.05) is 73.5 Å². The lowest BCUT2D eigenvalue weighted by atomic mass is 9.78. The van der Waals surface area contributed by atoms with Gasteiger partial charge in [-0.2, -0.15) is 0 Å². The summed E-state index contributed by atoms with van der Waals surface area (Å²) in [6.45, 7) is 4.99. The number of likely N-dealkylation sites (tertiary alicyclic amines) is 1. The Balaban J connectivity index is 1.59. The second kappa shape index (κ2) is 9.57. The van der Waals surface area contributed by atoms with Gasteiger partial charge in [-0.25, -0.2) is 0 Å². The monoisotopic (exact) mass is 441 g/mol. The van der Waals surface area contributed by atoms with Crippen molar-refractivity contribution in [2.24, 2.45) is 5.41 Å². The molecule has 0 saturated carbocycles. The van der Waals surface area contributed by atoms with E-state index >= 15 is 0 Å². The lowest BCUT2D eigenvalue weighted by Crippen LogP contribution is -2.44. The number of rotatable bonds is 6. The van der Waals surface area contributed by atoms with Crippen LogP contribution in [0.2, 0.25) is 0 Å². The van der Waals surface area contributed by atoms with Crippen molar-refractivity contribution in [1.29, 1.82) is 0 Å². The number of hydrogen-bond donors (Lipinski definition) is 1. The first-order valence-electron chi connectivity index (χ1n) is 11.5. The van der Waals surface area contributed by atoms with Crippen molar-refractivity contribution in [2.75, 3.05) is 20.1 Å². The van der Waals surface area contributed by atoms with Gasteiger partial charge in [0.05, 0.1) is 11.3 Å². The van der Waals surface area contributed by atoms with Crippen molar-refractivity contribution in [3.05, 3.63) is 89.7 Å². The summed E-state index contributed by atoms with van der Waals surface area (Å²) < 4.78 is 0. The van der Waals surface area contributed by atoms with Gasteiger partial charge in [-0.15, -0.1) is 0 Å². The Hall–Kier alpha value is -3.47. The molecule has 2 heterocycles. The van der Waals surface area contributed by atoms with Crippen LogP contribution in [0.1, 0.15) is 36.0 Å². The van der Waals surface area contributed by atoms with Crippen LogP contribution in [-0.2, 0) is 16.0 Å². The maximum absolute atomic E-state index is 13.4.